The van der Waals surface area contributed by atoms with Gasteiger partial charge in [-0.15, -0.1) is 5.10 Å². The number of benzene rings is 2. The van der Waals surface area contributed by atoms with Gasteiger partial charge in [-0.3, -0.25) is 5.10 Å². The molecule has 3 N–H and O–H groups in total. The molecular weight excluding hydrogens is 467 g/mol. The lowest BCUT2D eigenvalue weighted by Gasteiger charge is -2.25. The molecule has 4 rings (SSSR count). The third kappa shape index (κ3) is 3.82. The van der Waals surface area contributed by atoms with E-state index >= 15 is 0 Å². The van der Waals surface area contributed by atoms with Crippen molar-refractivity contribution < 1.29 is 18.6 Å². The zero-order valence-corrected chi connectivity index (χ0v) is 18.3. The van der Waals surface area contributed by atoms with Gasteiger partial charge in [0, 0.05) is 15.7 Å². The van der Waals surface area contributed by atoms with Crippen LogP contribution in [0.15, 0.2) is 52.3 Å². The molecule has 0 radical (unpaired) electrons. The molecule has 1 aromatic heterocycles. The van der Waals surface area contributed by atoms with Gasteiger partial charge in [-0.25, -0.2) is 4.39 Å². The summed E-state index contributed by atoms with van der Waals surface area (Å²) < 4.78 is 30.8. The van der Waals surface area contributed by atoms with Crippen LogP contribution in [-0.2, 0) is 6.61 Å². The number of aromatic amines is 1. The number of nitrogens with one attached hydrogen (secondary N) is 1. The molecule has 0 unspecified atom stereocenters. The quantitative estimate of drug-likeness (QED) is 0.554. The lowest BCUT2D eigenvalue weighted by molar-refractivity contribution is 0.284. The molecule has 31 heavy (non-hydrogen) atoms. The minimum absolute atomic E-state index is 0.00834. The summed E-state index contributed by atoms with van der Waals surface area (Å²) in [6.45, 7) is 2.09. The molecule has 1 aliphatic rings. The second-order valence-corrected chi connectivity index (χ2v) is 7.79. The summed E-state index contributed by atoms with van der Waals surface area (Å²) in [5.41, 5.74) is 9.34. The first kappa shape index (κ1) is 20.8. The van der Waals surface area contributed by atoms with Crippen molar-refractivity contribution in [1.29, 1.82) is 5.26 Å². The van der Waals surface area contributed by atoms with E-state index in [-0.39, 0.29) is 23.9 Å². The Morgan fingerprint density at radius 2 is 2.03 bits per heavy atom. The van der Waals surface area contributed by atoms with Gasteiger partial charge in [-0.1, -0.05) is 28.1 Å². The molecule has 158 valence electrons. The minimum atomic E-state index is -0.498. The molecule has 0 saturated carbocycles. The Morgan fingerprint density at radius 3 is 2.71 bits per heavy atom. The fourth-order valence-electron chi connectivity index (χ4n) is 3.50. The number of nitrogens with zero attached hydrogens (tertiary/aromatic N) is 2. The van der Waals surface area contributed by atoms with Crippen LogP contribution in [0.2, 0.25) is 0 Å². The molecule has 0 aliphatic carbocycles. The minimum Gasteiger partial charge on any atom is -0.493 e. The van der Waals surface area contributed by atoms with E-state index in [1.165, 1.54) is 19.2 Å². The summed E-state index contributed by atoms with van der Waals surface area (Å²) in [5, 5.41) is 16.8. The van der Waals surface area contributed by atoms with Crippen LogP contribution in [-0.4, -0.2) is 17.3 Å². The Bertz CT molecular complexity index is 1210. The highest BCUT2D eigenvalue weighted by Gasteiger charge is 2.36. The van der Waals surface area contributed by atoms with Crippen molar-refractivity contribution >= 4 is 15.9 Å². The zero-order chi connectivity index (χ0) is 22.1. The van der Waals surface area contributed by atoms with Crippen molar-refractivity contribution in [3.8, 4) is 23.4 Å². The molecule has 9 heteroatoms. The Hall–Kier alpha value is -3.51. The smallest absolute Gasteiger partial charge is 0.244 e. The van der Waals surface area contributed by atoms with Gasteiger partial charge in [-0.05, 0) is 42.3 Å². The van der Waals surface area contributed by atoms with Crippen LogP contribution < -0.4 is 19.9 Å². The van der Waals surface area contributed by atoms with Crippen LogP contribution >= 0.6 is 15.9 Å². The summed E-state index contributed by atoms with van der Waals surface area (Å²) in [6, 6.07) is 11.8. The zero-order valence-electron chi connectivity index (χ0n) is 16.7. The van der Waals surface area contributed by atoms with Crippen LogP contribution in [0.1, 0.15) is 28.3 Å². The van der Waals surface area contributed by atoms with E-state index in [2.05, 4.69) is 32.2 Å². The van der Waals surface area contributed by atoms with Crippen LogP contribution in [0, 0.1) is 24.1 Å². The molecule has 2 aromatic carbocycles. The Morgan fingerprint density at radius 1 is 1.29 bits per heavy atom. The number of ether oxygens (including phenoxy) is 3. The normalized spacial score (nSPS) is 15.1. The monoisotopic (exact) mass is 484 g/mol. The summed E-state index contributed by atoms with van der Waals surface area (Å²) in [5.74, 6) is 0.510. The second kappa shape index (κ2) is 8.32. The number of rotatable bonds is 5. The largest absolute Gasteiger partial charge is 0.493 e. The van der Waals surface area contributed by atoms with Gasteiger partial charge in [-0.2, -0.15) is 5.26 Å². The average molecular weight is 485 g/mol. The van der Waals surface area contributed by atoms with E-state index in [0.29, 0.717) is 21.9 Å². The van der Waals surface area contributed by atoms with E-state index in [1.54, 1.807) is 24.3 Å². The maximum absolute atomic E-state index is 13.1. The molecule has 1 atom stereocenters. The number of nitrogens with two attached hydrogens (primary N) is 1. The Labute approximate surface area is 186 Å². The number of fused-ring (bicyclic) bond motifs is 1. The average Bonchev–Trinajstić information content (AvgIpc) is 3.12. The van der Waals surface area contributed by atoms with Crippen molar-refractivity contribution in [2.75, 3.05) is 7.11 Å². The van der Waals surface area contributed by atoms with Crippen molar-refractivity contribution in [3.05, 3.63) is 80.5 Å². The Balaban J connectivity index is 1.73. The van der Waals surface area contributed by atoms with E-state index in [4.69, 9.17) is 19.9 Å². The molecule has 0 bridgehead atoms. The van der Waals surface area contributed by atoms with Crippen LogP contribution in [0.25, 0.3) is 0 Å². The number of H-pyrrole nitrogens is 1. The molecule has 7 nitrogen and oxygen atoms in total. The summed E-state index contributed by atoms with van der Waals surface area (Å²) in [4.78, 5) is 0. The summed E-state index contributed by atoms with van der Waals surface area (Å²) in [6.07, 6.45) is 0. The van der Waals surface area contributed by atoms with Gasteiger partial charge in [0.2, 0.25) is 11.8 Å². The number of methoxy groups -OCH3 is 1. The molecule has 2 heterocycles. The lowest BCUT2D eigenvalue weighted by Crippen LogP contribution is -2.21. The maximum Gasteiger partial charge on any atom is 0.244 e. The van der Waals surface area contributed by atoms with Gasteiger partial charge >= 0.3 is 0 Å². The highest BCUT2D eigenvalue weighted by atomic mass is 79.9. The van der Waals surface area contributed by atoms with Gasteiger partial charge in [0.25, 0.3) is 0 Å². The summed E-state index contributed by atoms with van der Waals surface area (Å²) in [7, 11) is 1.53. The number of aromatic nitrogens is 2. The molecule has 3 aromatic rings. The standard InChI is InChI=1S/C22H18BrFN4O3/c1-11-19-20(15(9-25)21(26)31-22(19)28-27-11)14-7-17(29-2)18(8-16(14)23)30-10-12-3-5-13(24)6-4-12/h3-8,20H,10,26H2,1-2H3,(H,27,28)/t20-/m0/s1. The number of aryl methyl sites for hydroxylation is 1. The SMILES string of the molecule is COc1cc([C@H]2C(C#N)=C(N)Oc3n[nH]c(C)c32)c(Br)cc1OCc1ccc(F)cc1. The van der Waals surface area contributed by atoms with Gasteiger partial charge < -0.3 is 19.9 Å². The lowest BCUT2D eigenvalue weighted by atomic mass is 9.84. The summed E-state index contributed by atoms with van der Waals surface area (Å²) >= 11 is 3.59. The van der Waals surface area contributed by atoms with Crippen molar-refractivity contribution in [3.63, 3.8) is 0 Å². The van der Waals surface area contributed by atoms with E-state index in [0.717, 1.165) is 22.4 Å². The topological polar surface area (TPSA) is 106 Å². The first-order valence-electron chi connectivity index (χ1n) is 9.30. The first-order valence-corrected chi connectivity index (χ1v) is 10.1. The van der Waals surface area contributed by atoms with Gasteiger partial charge in [0.15, 0.2) is 11.5 Å². The number of hydrogen-bond acceptors (Lipinski definition) is 6. The van der Waals surface area contributed by atoms with Crippen LogP contribution in [0.3, 0.4) is 0 Å². The highest BCUT2D eigenvalue weighted by Crippen LogP contribution is 2.47. The molecule has 0 fully saturated rings. The van der Waals surface area contributed by atoms with Crippen LogP contribution in [0.5, 0.6) is 17.4 Å². The van der Waals surface area contributed by atoms with Crippen molar-refractivity contribution in [2.45, 2.75) is 19.4 Å². The maximum atomic E-state index is 13.1. The third-order valence-corrected chi connectivity index (χ3v) is 5.72. The third-order valence-electron chi connectivity index (χ3n) is 5.03. The predicted octanol–water partition coefficient (Wildman–Crippen LogP) is 4.43. The number of nitriles is 1. The fourth-order valence-corrected chi connectivity index (χ4v) is 4.05. The fraction of sp³-hybridized carbons (Fsp3) is 0.182. The molecule has 1 aliphatic heterocycles. The van der Waals surface area contributed by atoms with Gasteiger partial charge in [0.1, 0.15) is 24.1 Å². The van der Waals surface area contributed by atoms with Crippen molar-refractivity contribution in [2.24, 2.45) is 5.73 Å². The number of allylic oxidation sites excluding steroid dienone is 1. The molecule has 0 saturated heterocycles. The second-order valence-electron chi connectivity index (χ2n) is 6.93. The highest BCUT2D eigenvalue weighted by molar-refractivity contribution is 9.10. The number of hydrogen-bond donors (Lipinski definition) is 2. The van der Waals surface area contributed by atoms with Crippen LogP contribution in [0.4, 0.5) is 4.39 Å². The van der Waals surface area contributed by atoms with E-state index in [1.807, 2.05) is 6.92 Å². The molecular formula is C22H18BrFN4O3. The van der Waals surface area contributed by atoms with Crippen molar-refractivity contribution in [1.82, 2.24) is 10.2 Å². The molecule has 0 spiro atoms. The van der Waals surface area contributed by atoms with E-state index in [9.17, 15) is 9.65 Å². The van der Waals surface area contributed by atoms with Gasteiger partial charge in [0.05, 0.1) is 13.0 Å². The predicted molar refractivity (Wildman–Crippen MR) is 114 cm³/mol. The number of halogens is 2. The first-order chi connectivity index (χ1) is 14.9. The molecule has 0 amide bonds. The van der Waals surface area contributed by atoms with E-state index < -0.39 is 5.92 Å². The Kier molecular flexibility index (Phi) is 5.57.